The second kappa shape index (κ2) is 11.3. The number of benzene rings is 1. The van der Waals surface area contributed by atoms with E-state index in [9.17, 15) is 9.59 Å². The van der Waals surface area contributed by atoms with Crippen LogP contribution in [0.3, 0.4) is 0 Å². The molecule has 0 radical (unpaired) electrons. The molecule has 36 heavy (non-hydrogen) atoms. The molecular weight excluding hydrogens is 499 g/mol. The first-order valence-corrected chi connectivity index (χ1v) is 13.4. The van der Waals surface area contributed by atoms with Crippen LogP contribution in [0.2, 0.25) is 10.0 Å². The van der Waals surface area contributed by atoms with Crippen LogP contribution in [0.1, 0.15) is 69.7 Å². The maximum atomic E-state index is 13.1. The molecule has 1 aromatic heterocycles. The highest BCUT2D eigenvalue weighted by Gasteiger charge is 2.35. The zero-order valence-corrected chi connectivity index (χ0v) is 22.5. The number of hydrogen-bond donors (Lipinski definition) is 2. The third kappa shape index (κ3) is 6.62. The van der Waals surface area contributed by atoms with Gasteiger partial charge in [0.25, 0.3) is 11.8 Å². The van der Waals surface area contributed by atoms with E-state index in [1.165, 1.54) is 0 Å². The number of aromatic nitrogens is 1. The fourth-order valence-electron chi connectivity index (χ4n) is 4.52. The van der Waals surface area contributed by atoms with E-state index in [-0.39, 0.29) is 23.9 Å². The monoisotopic (exact) mass is 532 g/mol. The number of rotatable bonds is 9. The van der Waals surface area contributed by atoms with E-state index in [1.807, 2.05) is 12.1 Å². The smallest absolute Gasteiger partial charge is 0.263 e. The number of nitrogens with one attached hydrogen (secondary N) is 2. The topological polar surface area (TPSA) is 83.6 Å². The molecule has 7 nitrogen and oxygen atoms in total. The van der Waals surface area contributed by atoms with Gasteiger partial charge in [-0.2, -0.15) is 0 Å². The number of carbonyl (C=O) groups is 2. The Morgan fingerprint density at radius 1 is 1.08 bits per heavy atom. The van der Waals surface area contributed by atoms with Crippen LogP contribution in [0, 0.1) is 0 Å². The summed E-state index contributed by atoms with van der Waals surface area (Å²) in [6.45, 7) is 6.42. The fraction of sp³-hybridized carbons (Fsp3) is 0.519. The summed E-state index contributed by atoms with van der Waals surface area (Å²) in [7, 11) is 0. The Hall–Kier alpha value is -2.51. The molecule has 2 amide bonds. The number of amides is 2. The molecule has 2 aromatic rings. The van der Waals surface area contributed by atoms with Gasteiger partial charge in [0.1, 0.15) is 11.6 Å². The van der Waals surface area contributed by atoms with Gasteiger partial charge in [0.15, 0.2) is 5.60 Å². The van der Waals surface area contributed by atoms with Crippen molar-refractivity contribution in [1.82, 2.24) is 15.6 Å². The number of carbonyl (C=O) groups excluding carboxylic acids is 2. The van der Waals surface area contributed by atoms with Crippen LogP contribution < -0.4 is 20.3 Å². The standard InChI is InChI=1S/C27H34Cl2N4O3/c1-4-5-20-14-19(32-26(35)27(2,3)36-21-9-10-22(28)23(29)15-21)12-13-33(20)24-11-6-17(16-30-24)25(34)31-18-7-8-18/h6,9-11,15-16,18-20H,4-5,7-8,12-14H2,1-3H3,(H,31,34)(H,32,35). The average Bonchev–Trinajstić information content (AvgIpc) is 3.66. The van der Waals surface area contributed by atoms with Gasteiger partial charge in [-0.25, -0.2) is 4.98 Å². The van der Waals surface area contributed by atoms with E-state index in [0.29, 0.717) is 27.4 Å². The molecule has 1 aromatic carbocycles. The lowest BCUT2D eigenvalue weighted by atomic mass is 9.93. The van der Waals surface area contributed by atoms with Gasteiger partial charge in [-0.15, -0.1) is 0 Å². The highest BCUT2D eigenvalue weighted by molar-refractivity contribution is 6.42. The predicted octanol–water partition coefficient (Wildman–Crippen LogP) is 5.39. The molecule has 2 heterocycles. The van der Waals surface area contributed by atoms with Crippen molar-refractivity contribution in [3.63, 3.8) is 0 Å². The Balaban J connectivity index is 1.36. The first kappa shape index (κ1) is 26.6. The van der Waals surface area contributed by atoms with Gasteiger partial charge >= 0.3 is 0 Å². The van der Waals surface area contributed by atoms with E-state index in [1.54, 1.807) is 38.2 Å². The number of anilines is 1. The molecule has 2 atom stereocenters. The van der Waals surface area contributed by atoms with Gasteiger partial charge in [0.2, 0.25) is 0 Å². The third-order valence-corrected chi connectivity index (χ3v) is 7.44. The van der Waals surface area contributed by atoms with Crippen LogP contribution in [0.5, 0.6) is 5.75 Å². The molecule has 2 aliphatic rings. The first-order chi connectivity index (χ1) is 17.2. The van der Waals surface area contributed by atoms with Crippen molar-refractivity contribution >= 4 is 40.8 Å². The summed E-state index contributed by atoms with van der Waals surface area (Å²) >= 11 is 12.1. The van der Waals surface area contributed by atoms with Gasteiger partial charge in [-0.3, -0.25) is 9.59 Å². The van der Waals surface area contributed by atoms with Crippen LogP contribution in [-0.2, 0) is 4.79 Å². The van der Waals surface area contributed by atoms with E-state index >= 15 is 0 Å². The van der Waals surface area contributed by atoms with Crippen molar-refractivity contribution < 1.29 is 14.3 Å². The van der Waals surface area contributed by atoms with Crippen LogP contribution >= 0.6 is 23.2 Å². The van der Waals surface area contributed by atoms with Crippen LogP contribution in [-0.4, -0.2) is 47.1 Å². The molecule has 9 heteroatoms. The number of piperidine rings is 1. The zero-order chi connectivity index (χ0) is 25.9. The summed E-state index contributed by atoms with van der Waals surface area (Å²) < 4.78 is 5.96. The van der Waals surface area contributed by atoms with E-state index in [2.05, 4.69) is 27.4 Å². The lowest BCUT2D eigenvalue weighted by Gasteiger charge is -2.41. The molecule has 0 bridgehead atoms. The average molecular weight is 534 g/mol. The summed E-state index contributed by atoms with van der Waals surface area (Å²) in [5.41, 5.74) is -0.489. The van der Waals surface area contributed by atoms with Gasteiger partial charge < -0.3 is 20.3 Å². The summed E-state index contributed by atoms with van der Waals surface area (Å²) in [4.78, 5) is 32.3. The minimum atomic E-state index is -1.08. The van der Waals surface area contributed by atoms with Crippen LogP contribution in [0.25, 0.3) is 0 Å². The number of hydrogen-bond acceptors (Lipinski definition) is 5. The summed E-state index contributed by atoms with van der Waals surface area (Å²) in [6.07, 6.45) is 7.39. The molecule has 4 rings (SSSR count). The van der Waals surface area contributed by atoms with Crippen molar-refractivity contribution in [2.75, 3.05) is 11.4 Å². The van der Waals surface area contributed by atoms with Crippen molar-refractivity contribution in [2.24, 2.45) is 0 Å². The van der Waals surface area contributed by atoms with E-state index < -0.39 is 5.60 Å². The van der Waals surface area contributed by atoms with Gasteiger partial charge in [0.05, 0.1) is 15.6 Å². The van der Waals surface area contributed by atoms with E-state index in [0.717, 1.165) is 50.9 Å². The lowest BCUT2D eigenvalue weighted by Crippen LogP contribution is -2.55. The minimum absolute atomic E-state index is 0.0329. The molecule has 0 spiro atoms. The molecular formula is C27H34Cl2N4O3. The Labute approximate surface area is 222 Å². The quantitative estimate of drug-likeness (QED) is 0.452. The second-order valence-corrected chi connectivity index (χ2v) is 11.0. The van der Waals surface area contributed by atoms with Crippen molar-refractivity contribution in [3.8, 4) is 5.75 Å². The van der Waals surface area contributed by atoms with Gasteiger partial charge in [-0.05, 0) is 70.2 Å². The second-order valence-electron chi connectivity index (χ2n) is 10.2. The normalized spacial score (nSPS) is 20.1. The summed E-state index contributed by atoms with van der Waals surface area (Å²) in [6, 6.07) is 9.34. The molecule has 2 N–H and O–H groups in total. The molecule has 2 unspecified atom stereocenters. The summed E-state index contributed by atoms with van der Waals surface area (Å²) in [5.74, 6) is 1.12. The van der Waals surface area contributed by atoms with Gasteiger partial charge in [-0.1, -0.05) is 36.5 Å². The molecule has 2 fully saturated rings. The zero-order valence-electron chi connectivity index (χ0n) is 21.0. The fourth-order valence-corrected chi connectivity index (χ4v) is 4.81. The highest BCUT2D eigenvalue weighted by atomic mass is 35.5. The third-order valence-electron chi connectivity index (χ3n) is 6.70. The molecule has 1 saturated heterocycles. The van der Waals surface area contributed by atoms with Crippen LogP contribution in [0.15, 0.2) is 36.5 Å². The van der Waals surface area contributed by atoms with Crippen molar-refractivity contribution in [1.29, 1.82) is 0 Å². The molecule has 1 saturated carbocycles. The highest BCUT2D eigenvalue weighted by Crippen LogP contribution is 2.30. The van der Waals surface area contributed by atoms with E-state index in [4.69, 9.17) is 27.9 Å². The number of pyridine rings is 1. The largest absolute Gasteiger partial charge is 0.478 e. The number of ether oxygens (including phenoxy) is 1. The minimum Gasteiger partial charge on any atom is -0.478 e. The van der Waals surface area contributed by atoms with Gasteiger partial charge in [0, 0.05) is 36.9 Å². The Kier molecular flexibility index (Phi) is 8.30. The molecule has 194 valence electrons. The number of halogens is 2. The Morgan fingerprint density at radius 2 is 1.86 bits per heavy atom. The Morgan fingerprint density at radius 3 is 2.50 bits per heavy atom. The molecule has 1 aliphatic heterocycles. The predicted molar refractivity (Wildman–Crippen MR) is 143 cm³/mol. The number of nitrogens with zero attached hydrogens (tertiary/aromatic N) is 2. The lowest BCUT2D eigenvalue weighted by molar-refractivity contribution is -0.135. The maximum absolute atomic E-state index is 13.1. The van der Waals surface area contributed by atoms with Crippen molar-refractivity contribution in [2.45, 2.75) is 83.0 Å². The molecule has 1 aliphatic carbocycles. The SMILES string of the molecule is CCCC1CC(NC(=O)C(C)(C)Oc2ccc(Cl)c(Cl)c2)CCN1c1ccc(C(=O)NC2CC2)cn1. The maximum Gasteiger partial charge on any atom is 0.263 e. The van der Waals surface area contributed by atoms with Crippen LogP contribution in [0.4, 0.5) is 5.82 Å². The van der Waals surface area contributed by atoms with Crippen molar-refractivity contribution in [3.05, 3.63) is 52.1 Å². The Bertz CT molecular complexity index is 1090. The summed E-state index contributed by atoms with van der Waals surface area (Å²) in [5, 5.41) is 7.01. The first-order valence-electron chi connectivity index (χ1n) is 12.6.